The van der Waals surface area contributed by atoms with Crippen LogP contribution in [0.4, 0.5) is 0 Å². The van der Waals surface area contributed by atoms with Crippen LogP contribution in [0.5, 0.6) is 0 Å². The van der Waals surface area contributed by atoms with E-state index in [4.69, 9.17) is 5.21 Å². The van der Waals surface area contributed by atoms with Crippen molar-refractivity contribution in [3.05, 3.63) is 88.9 Å². The van der Waals surface area contributed by atoms with Gasteiger partial charge in [0.05, 0.1) is 12.2 Å². The summed E-state index contributed by atoms with van der Waals surface area (Å²) < 4.78 is 0. The van der Waals surface area contributed by atoms with Crippen LogP contribution < -0.4 is 10.8 Å². The fourth-order valence-corrected chi connectivity index (χ4v) is 3.79. The maximum absolute atomic E-state index is 12.5. The molecule has 3 aromatic carbocycles. The zero-order chi connectivity index (χ0) is 20.2. The summed E-state index contributed by atoms with van der Waals surface area (Å²) in [4.78, 5) is 28.6. The van der Waals surface area contributed by atoms with Gasteiger partial charge in [-0.15, -0.1) is 11.3 Å². The molecule has 0 aliphatic heterocycles. The molecule has 0 radical (unpaired) electrons. The van der Waals surface area contributed by atoms with E-state index >= 15 is 0 Å². The van der Waals surface area contributed by atoms with Crippen molar-refractivity contribution in [2.45, 2.75) is 6.54 Å². The molecule has 6 nitrogen and oxygen atoms in total. The lowest BCUT2D eigenvalue weighted by atomic mass is 10.0. The summed E-state index contributed by atoms with van der Waals surface area (Å²) >= 11 is 1.54. The first-order valence-electron chi connectivity index (χ1n) is 8.90. The smallest absolute Gasteiger partial charge is 0.274 e. The normalized spacial score (nSPS) is 10.7. The van der Waals surface area contributed by atoms with Crippen LogP contribution in [-0.2, 0) is 6.54 Å². The molecule has 29 heavy (non-hydrogen) atoms. The van der Waals surface area contributed by atoms with Crippen LogP contribution in [0.3, 0.4) is 0 Å². The number of hydrogen-bond donors (Lipinski definition) is 3. The molecular formula is C22H17N3O3S. The summed E-state index contributed by atoms with van der Waals surface area (Å²) in [5, 5.41) is 16.1. The molecule has 0 saturated carbocycles. The summed E-state index contributed by atoms with van der Waals surface area (Å²) in [6, 6.07) is 20.1. The second-order valence-corrected chi connectivity index (χ2v) is 7.27. The number of thiazole rings is 1. The summed E-state index contributed by atoms with van der Waals surface area (Å²) in [7, 11) is 0. The molecule has 0 aliphatic carbocycles. The molecule has 7 heteroatoms. The van der Waals surface area contributed by atoms with Crippen LogP contribution in [0.25, 0.3) is 21.3 Å². The SMILES string of the molecule is O=C(NO)c1ccc2cc(C(=O)NCc3csc(-c4ccccc4)n3)ccc2c1. The van der Waals surface area contributed by atoms with Crippen LogP contribution in [0.15, 0.2) is 72.1 Å². The Bertz CT molecular complexity index is 1190. The standard InChI is InChI=1S/C22H17N3O3S/c26-20(23-12-19-13-29-22(24-19)14-4-2-1-3-5-14)17-8-6-16-11-18(21(27)25-28)9-7-15(16)10-17/h1-11,13,28H,12H2,(H,23,26)(H,25,27). The highest BCUT2D eigenvalue weighted by atomic mass is 32.1. The Morgan fingerprint density at radius 1 is 0.897 bits per heavy atom. The Hall–Kier alpha value is -3.55. The highest BCUT2D eigenvalue weighted by Gasteiger charge is 2.10. The van der Waals surface area contributed by atoms with E-state index in [1.807, 2.05) is 35.7 Å². The first kappa shape index (κ1) is 18.8. The maximum atomic E-state index is 12.5. The summed E-state index contributed by atoms with van der Waals surface area (Å²) in [6.45, 7) is 0.343. The predicted octanol–water partition coefficient (Wildman–Crippen LogP) is 4.01. The third kappa shape index (κ3) is 4.16. The van der Waals surface area contributed by atoms with Crippen molar-refractivity contribution >= 4 is 33.9 Å². The lowest BCUT2D eigenvalue weighted by Gasteiger charge is -2.06. The van der Waals surface area contributed by atoms with Crippen LogP contribution in [-0.4, -0.2) is 22.0 Å². The van der Waals surface area contributed by atoms with Gasteiger partial charge in [0.25, 0.3) is 11.8 Å². The number of benzene rings is 3. The van der Waals surface area contributed by atoms with Crippen molar-refractivity contribution in [1.82, 2.24) is 15.8 Å². The minimum absolute atomic E-state index is 0.196. The van der Waals surface area contributed by atoms with Crippen molar-refractivity contribution in [2.75, 3.05) is 0 Å². The van der Waals surface area contributed by atoms with E-state index in [1.54, 1.807) is 53.2 Å². The zero-order valence-electron chi connectivity index (χ0n) is 15.3. The van der Waals surface area contributed by atoms with Gasteiger partial charge in [0.2, 0.25) is 0 Å². The number of aromatic nitrogens is 1. The number of rotatable bonds is 5. The van der Waals surface area contributed by atoms with Gasteiger partial charge in [0.1, 0.15) is 5.01 Å². The van der Waals surface area contributed by atoms with E-state index in [9.17, 15) is 9.59 Å². The topological polar surface area (TPSA) is 91.3 Å². The second kappa shape index (κ2) is 8.22. The first-order chi connectivity index (χ1) is 14.1. The fourth-order valence-electron chi connectivity index (χ4n) is 2.97. The van der Waals surface area contributed by atoms with Crippen molar-refractivity contribution in [1.29, 1.82) is 0 Å². The lowest BCUT2D eigenvalue weighted by molar-refractivity contribution is 0.0706. The molecule has 0 atom stereocenters. The molecule has 2 amide bonds. The molecule has 0 aliphatic rings. The minimum Gasteiger partial charge on any atom is -0.346 e. The van der Waals surface area contributed by atoms with Gasteiger partial charge in [0, 0.05) is 22.1 Å². The molecular weight excluding hydrogens is 386 g/mol. The van der Waals surface area contributed by atoms with Gasteiger partial charge in [-0.2, -0.15) is 0 Å². The van der Waals surface area contributed by atoms with Crippen molar-refractivity contribution in [3.8, 4) is 10.6 Å². The molecule has 4 rings (SSSR count). The highest BCUT2D eigenvalue weighted by Crippen LogP contribution is 2.23. The number of fused-ring (bicyclic) bond motifs is 1. The summed E-state index contributed by atoms with van der Waals surface area (Å²) in [6.07, 6.45) is 0. The van der Waals surface area contributed by atoms with E-state index in [0.29, 0.717) is 17.7 Å². The van der Waals surface area contributed by atoms with E-state index in [1.165, 1.54) is 0 Å². The van der Waals surface area contributed by atoms with Gasteiger partial charge in [-0.05, 0) is 35.0 Å². The monoisotopic (exact) mass is 403 g/mol. The Labute approximate surface area is 170 Å². The Balaban J connectivity index is 1.45. The van der Waals surface area contributed by atoms with Crippen molar-refractivity contribution in [2.24, 2.45) is 0 Å². The Morgan fingerprint density at radius 2 is 1.55 bits per heavy atom. The lowest BCUT2D eigenvalue weighted by Crippen LogP contribution is -2.22. The first-order valence-corrected chi connectivity index (χ1v) is 9.78. The van der Waals surface area contributed by atoms with E-state index in [-0.39, 0.29) is 5.91 Å². The molecule has 0 unspecified atom stereocenters. The summed E-state index contributed by atoms with van der Waals surface area (Å²) in [5.41, 5.74) is 4.34. The van der Waals surface area contributed by atoms with Gasteiger partial charge in [0.15, 0.2) is 0 Å². The summed E-state index contributed by atoms with van der Waals surface area (Å²) in [5.74, 6) is -0.773. The van der Waals surface area contributed by atoms with E-state index < -0.39 is 5.91 Å². The number of amides is 2. The second-order valence-electron chi connectivity index (χ2n) is 6.41. The molecule has 0 saturated heterocycles. The number of hydroxylamine groups is 1. The Morgan fingerprint density at radius 3 is 2.21 bits per heavy atom. The van der Waals surface area contributed by atoms with Gasteiger partial charge < -0.3 is 5.32 Å². The average Bonchev–Trinajstić information content (AvgIpc) is 3.26. The van der Waals surface area contributed by atoms with Gasteiger partial charge in [-0.3, -0.25) is 14.8 Å². The third-order valence-corrected chi connectivity index (χ3v) is 5.41. The fraction of sp³-hybridized carbons (Fsp3) is 0.0455. The Kier molecular flexibility index (Phi) is 5.33. The molecule has 0 fully saturated rings. The van der Waals surface area contributed by atoms with Gasteiger partial charge in [-0.25, -0.2) is 10.5 Å². The van der Waals surface area contributed by atoms with Crippen LogP contribution in [0, 0.1) is 0 Å². The largest absolute Gasteiger partial charge is 0.346 e. The number of hydrogen-bond acceptors (Lipinski definition) is 5. The van der Waals surface area contributed by atoms with E-state index in [2.05, 4.69) is 10.3 Å². The molecule has 1 aromatic heterocycles. The third-order valence-electron chi connectivity index (χ3n) is 4.47. The van der Waals surface area contributed by atoms with Gasteiger partial charge >= 0.3 is 0 Å². The highest BCUT2D eigenvalue weighted by molar-refractivity contribution is 7.13. The molecule has 4 aromatic rings. The number of carbonyl (C=O) groups excluding carboxylic acids is 2. The molecule has 0 bridgehead atoms. The van der Waals surface area contributed by atoms with Crippen LogP contribution in [0.2, 0.25) is 0 Å². The quantitative estimate of drug-likeness (QED) is 0.347. The van der Waals surface area contributed by atoms with Crippen LogP contribution >= 0.6 is 11.3 Å². The van der Waals surface area contributed by atoms with Crippen LogP contribution in [0.1, 0.15) is 26.4 Å². The van der Waals surface area contributed by atoms with Gasteiger partial charge in [-0.1, -0.05) is 42.5 Å². The number of nitrogens with one attached hydrogen (secondary N) is 2. The predicted molar refractivity (Wildman–Crippen MR) is 112 cm³/mol. The average molecular weight is 403 g/mol. The zero-order valence-corrected chi connectivity index (χ0v) is 16.1. The maximum Gasteiger partial charge on any atom is 0.274 e. The molecule has 3 N–H and O–H groups in total. The molecule has 1 heterocycles. The number of carbonyl (C=O) groups is 2. The van der Waals surface area contributed by atoms with Crippen molar-refractivity contribution < 1.29 is 14.8 Å². The molecule has 144 valence electrons. The van der Waals surface area contributed by atoms with Crippen molar-refractivity contribution in [3.63, 3.8) is 0 Å². The van der Waals surface area contributed by atoms with E-state index in [0.717, 1.165) is 27.0 Å². The minimum atomic E-state index is -0.577. The number of nitrogens with zero attached hydrogens (tertiary/aromatic N) is 1. The molecule has 0 spiro atoms.